The molecule has 3 aromatic rings. The molecule has 2 bridgehead atoms. The number of nitrogens with zero attached hydrogens (tertiary/aromatic N) is 1. The molecule has 2 atom stereocenters. The standard InChI is InChI=1S/C38H42BrNO4/c1-2-3-4-5-6-7-8-9-10-11-16-25-44-37(43)26-21-23-27(24-22-26)40-35(41)33-32-28-17-12-14-19-30(28)38(39,34(33)36(40)42)31-20-15-13-18-29(31)32/h12-15,17-24,32-34H,2-11,16,25H2,1H3/t32?,33-,34+,38?/m0/s1. The molecule has 0 saturated carbocycles. The number of hydrogen-bond acceptors (Lipinski definition) is 4. The highest BCUT2D eigenvalue weighted by Gasteiger charge is 2.67. The molecule has 0 N–H and O–H groups in total. The van der Waals surface area contributed by atoms with Crippen LogP contribution in [0.25, 0.3) is 0 Å². The van der Waals surface area contributed by atoms with Gasteiger partial charge in [-0.25, -0.2) is 9.69 Å². The third-order valence-corrected chi connectivity index (χ3v) is 11.2. The average Bonchev–Trinajstić information content (AvgIpc) is 3.32. The van der Waals surface area contributed by atoms with Gasteiger partial charge in [-0.15, -0.1) is 0 Å². The topological polar surface area (TPSA) is 63.7 Å². The zero-order valence-electron chi connectivity index (χ0n) is 25.6. The third-order valence-electron chi connectivity index (χ3n) is 9.86. The van der Waals surface area contributed by atoms with E-state index in [0.717, 1.165) is 35.1 Å². The fraction of sp³-hybridized carbons (Fsp3) is 0.447. The molecule has 3 aliphatic carbocycles. The van der Waals surface area contributed by atoms with E-state index >= 15 is 0 Å². The Morgan fingerprint density at radius 1 is 0.727 bits per heavy atom. The summed E-state index contributed by atoms with van der Waals surface area (Å²) in [4.78, 5) is 42.2. The van der Waals surface area contributed by atoms with Crippen LogP contribution >= 0.6 is 15.9 Å². The summed E-state index contributed by atoms with van der Waals surface area (Å²) in [6, 6.07) is 23.0. The van der Waals surface area contributed by atoms with Crippen LogP contribution < -0.4 is 4.90 Å². The van der Waals surface area contributed by atoms with Gasteiger partial charge in [-0.2, -0.15) is 0 Å². The number of carbonyl (C=O) groups is 3. The smallest absolute Gasteiger partial charge is 0.338 e. The molecule has 1 fully saturated rings. The molecular weight excluding hydrogens is 614 g/mol. The van der Waals surface area contributed by atoms with Gasteiger partial charge in [0.2, 0.25) is 11.8 Å². The van der Waals surface area contributed by atoms with E-state index in [1.165, 1.54) is 62.7 Å². The fourth-order valence-electron chi connectivity index (χ4n) is 7.69. The molecule has 1 saturated heterocycles. The molecule has 7 rings (SSSR count). The summed E-state index contributed by atoms with van der Waals surface area (Å²) < 4.78 is 4.75. The van der Waals surface area contributed by atoms with Crippen molar-refractivity contribution in [2.75, 3.05) is 11.5 Å². The van der Waals surface area contributed by atoms with Crippen LogP contribution in [0, 0.1) is 11.8 Å². The highest BCUT2D eigenvalue weighted by atomic mass is 79.9. The minimum absolute atomic E-state index is 0.182. The van der Waals surface area contributed by atoms with Crippen molar-refractivity contribution in [1.82, 2.24) is 0 Å². The van der Waals surface area contributed by atoms with Crippen molar-refractivity contribution in [3.8, 4) is 0 Å². The Morgan fingerprint density at radius 2 is 1.25 bits per heavy atom. The number of amides is 2. The van der Waals surface area contributed by atoms with Gasteiger partial charge in [-0.3, -0.25) is 9.59 Å². The van der Waals surface area contributed by atoms with Gasteiger partial charge in [0.1, 0.15) is 0 Å². The second-order valence-electron chi connectivity index (χ2n) is 12.6. The van der Waals surface area contributed by atoms with E-state index in [1.807, 2.05) is 24.3 Å². The molecule has 0 spiro atoms. The zero-order valence-corrected chi connectivity index (χ0v) is 27.2. The van der Waals surface area contributed by atoms with E-state index in [9.17, 15) is 14.4 Å². The number of benzene rings is 3. The van der Waals surface area contributed by atoms with E-state index in [-0.39, 0.29) is 23.7 Å². The van der Waals surface area contributed by atoms with Crippen molar-refractivity contribution in [1.29, 1.82) is 0 Å². The molecule has 0 aromatic heterocycles. The van der Waals surface area contributed by atoms with E-state index in [2.05, 4.69) is 47.1 Å². The minimum atomic E-state index is -0.779. The summed E-state index contributed by atoms with van der Waals surface area (Å²) in [6.07, 6.45) is 13.7. The van der Waals surface area contributed by atoms with Gasteiger partial charge < -0.3 is 4.74 Å². The maximum Gasteiger partial charge on any atom is 0.338 e. The predicted molar refractivity (Wildman–Crippen MR) is 177 cm³/mol. The van der Waals surface area contributed by atoms with Gasteiger partial charge in [-0.05, 0) is 52.9 Å². The van der Waals surface area contributed by atoms with Crippen LogP contribution in [0.4, 0.5) is 5.69 Å². The maximum atomic E-state index is 14.1. The first-order valence-corrected chi connectivity index (χ1v) is 17.3. The summed E-state index contributed by atoms with van der Waals surface area (Å²) in [5.41, 5.74) is 5.23. The first kappa shape index (κ1) is 30.8. The average molecular weight is 657 g/mol. The Balaban J connectivity index is 1.06. The Kier molecular flexibility index (Phi) is 9.37. The molecule has 1 aliphatic heterocycles. The normalized spacial score (nSPS) is 23.0. The Labute approximate surface area is 269 Å². The molecule has 4 aliphatic rings. The van der Waals surface area contributed by atoms with Crippen LogP contribution in [-0.2, 0) is 18.7 Å². The summed E-state index contributed by atoms with van der Waals surface area (Å²) in [5, 5.41) is 0. The van der Waals surface area contributed by atoms with Crippen LogP contribution in [0.3, 0.4) is 0 Å². The van der Waals surface area contributed by atoms with E-state index < -0.39 is 16.2 Å². The number of alkyl halides is 1. The largest absolute Gasteiger partial charge is 0.462 e. The molecule has 2 amide bonds. The quantitative estimate of drug-likeness (QED) is 0.0752. The molecule has 6 heteroatoms. The van der Waals surface area contributed by atoms with Crippen molar-refractivity contribution in [3.05, 3.63) is 101 Å². The first-order valence-electron chi connectivity index (χ1n) is 16.5. The summed E-state index contributed by atoms with van der Waals surface area (Å²) in [5.74, 6) is -2.01. The van der Waals surface area contributed by atoms with Gasteiger partial charge in [0.05, 0.1) is 34.0 Å². The summed E-state index contributed by atoms with van der Waals surface area (Å²) in [7, 11) is 0. The van der Waals surface area contributed by atoms with Crippen molar-refractivity contribution in [3.63, 3.8) is 0 Å². The first-order chi connectivity index (χ1) is 21.5. The zero-order chi connectivity index (χ0) is 30.7. The minimum Gasteiger partial charge on any atom is -0.462 e. The number of imide groups is 1. The summed E-state index contributed by atoms with van der Waals surface area (Å²) >= 11 is 4.04. The lowest BCUT2D eigenvalue weighted by Crippen LogP contribution is -2.50. The van der Waals surface area contributed by atoms with E-state index in [1.54, 1.807) is 24.3 Å². The molecule has 230 valence electrons. The number of rotatable bonds is 14. The van der Waals surface area contributed by atoms with Crippen molar-refractivity contribution >= 4 is 39.4 Å². The lowest BCUT2D eigenvalue weighted by atomic mass is 9.55. The molecule has 1 heterocycles. The third kappa shape index (κ3) is 5.44. The van der Waals surface area contributed by atoms with Crippen molar-refractivity contribution in [2.45, 2.75) is 87.8 Å². The summed E-state index contributed by atoms with van der Waals surface area (Å²) in [6.45, 7) is 2.65. The SMILES string of the molecule is CCCCCCCCCCCCCOC(=O)c1ccc(N2C(=O)[C@H]3C4c5ccccc5C(Br)(c5ccccc54)[C@H]3C2=O)cc1. The van der Waals surface area contributed by atoms with Crippen molar-refractivity contribution < 1.29 is 19.1 Å². The highest BCUT2D eigenvalue weighted by molar-refractivity contribution is 9.09. The van der Waals surface area contributed by atoms with Crippen LogP contribution in [-0.4, -0.2) is 24.4 Å². The fourth-order valence-corrected chi connectivity index (χ4v) is 8.90. The Morgan fingerprint density at radius 3 is 1.82 bits per heavy atom. The number of esters is 1. The highest BCUT2D eigenvalue weighted by Crippen LogP contribution is 2.66. The molecule has 0 unspecified atom stereocenters. The lowest BCUT2D eigenvalue weighted by molar-refractivity contribution is -0.122. The number of ether oxygens (including phenoxy) is 1. The lowest BCUT2D eigenvalue weighted by Gasteiger charge is -2.51. The molecular formula is C38H42BrNO4. The van der Waals surface area contributed by atoms with Crippen LogP contribution in [0.15, 0.2) is 72.8 Å². The molecule has 0 radical (unpaired) electrons. The van der Waals surface area contributed by atoms with Crippen LogP contribution in [0.1, 0.15) is 116 Å². The van der Waals surface area contributed by atoms with Crippen molar-refractivity contribution in [2.24, 2.45) is 11.8 Å². The Hall–Kier alpha value is -3.25. The predicted octanol–water partition coefficient (Wildman–Crippen LogP) is 9.06. The van der Waals surface area contributed by atoms with Gasteiger partial charge in [-0.1, -0.05) is 136 Å². The number of carbonyl (C=O) groups excluding carboxylic acids is 3. The maximum absolute atomic E-state index is 14.1. The van der Waals surface area contributed by atoms with Crippen LogP contribution in [0.2, 0.25) is 0 Å². The van der Waals surface area contributed by atoms with Gasteiger partial charge in [0.25, 0.3) is 0 Å². The monoisotopic (exact) mass is 655 g/mol. The number of halogens is 1. The molecule has 3 aromatic carbocycles. The van der Waals surface area contributed by atoms with E-state index in [4.69, 9.17) is 4.74 Å². The number of hydrogen-bond donors (Lipinski definition) is 0. The van der Waals surface area contributed by atoms with Crippen LogP contribution in [0.5, 0.6) is 0 Å². The Bertz CT molecular complexity index is 1470. The number of anilines is 1. The molecule has 44 heavy (non-hydrogen) atoms. The van der Waals surface area contributed by atoms with E-state index in [0.29, 0.717) is 17.9 Å². The second kappa shape index (κ2) is 13.4. The van der Waals surface area contributed by atoms with Gasteiger partial charge >= 0.3 is 5.97 Å². The second-order valence-corrected chi connectivity index (χ2v) is 13.8. The molecule has 5 nitrogen and oxygen atoms in total. The van der Waals surface area contributed by atoms with Gasteiger partial charge in [0.15, 0.2) is 0 Å². The number of unbranched alkanes of at least 4 members (excludes halogenated alkanes) is 10. The van der Waals surface area contributed by atoms with Gasteiger partial charge in [0, 0.05) is 5.92 Å².